The lowest BCUT2D eigenvalue weighted by atomic mass is 9.87. The maximum Gasteiger partial charge on any atom is 0.254 e. The molecule has 0 saturated carbocycles. The summed E-state index contributed by atoms with van der Waals surface area (Å²) in [5, 5.41) is 8.37. The highest BCUT2D eigenvalue weighted by molar-refractivity contribution is 7.80. The van der Waals surface area contributed by atoms with E-state index in [0.717, 1.165) is 54.2 Å². The van der Waals surface area contributed by atoms with Crippen LogP contribution in [0.3, 0.4) is 0 Å². The van der Waals surface area contributed by atoms with Crippen LogP contribution >= 0.6 is 37.4 Å². The van der Waals surface area contributed by atoms with Crippen LogP contribution in [0.1, 0.15) is 49.4 Å². The molecule has 0 radical (unpaired) electrons. The minimum absolute atomic E-state index is 0. The molecule has 1 aliphatic heterocycles. The van der Waals surface area contributed by atoms with Gasteiger partial charge >= 0.3 is 0 Å². The topological polar surface area (TPSA) is 87.5 Å². The van der Waals surface area contributed by atoms with E-state index in [1.54, 1.807) is 0 Å². The number of hydrogen-bond acceptors (Lipinski definition) is 5. The molecular formula is C24H36Cl2N4O2S. The van der Waals surface area contributed by atoms with Crippen LogP contribution in [0.2, 0.25) is 0 Å². The minimum atomic E-state index is -0.655. The first kappa shape index (κ1) is 29.5. The molecule has 6 nitrogen and oxygen atoms in total. The van der Waals surface area contributed by atoms with Crippen LogP contribution in [0.4, 0.5) is 0 Å². The van der Waals surface area contributed by atoms with E-state index in [2.05, 4.69) is 23.3 Å². The molecule has 2 amide bonds. The Morgan fingerprint density at radius 2 is 1.88 bits per heavy atom. The molecule has 3 rings (SSSR count). The summed E-state index contributed by atoms with van der Waals surface area (Å²) in [5.41, 5.74) is 6.96. The summed E-state index contributed by atoms with van der Waals surface area (Å²) in [6, 6.07) is 13.8. The number of carbonyl (C=O) groups is 2. The third kappa shape index (κ3) is 7.49. The highest BCUT2D eigenvalue weighted by Gasteiger charge is 2.43. The fraction of sp³-hybridized carbons (Fsp3) is 0.500. The van der Waals surface area contributed by atoms with E-state index in [0.29, 0.717) is 19.6 Å². The molecule has 0 aliphatic carbocycles. The van der Waals surface area contributed by atoms with Gasteiger partial charge in [-0.1, -0.05) is 36.4 Å². The number of thiol groups is 1. The number of benzene rings is 2. The number of carbonyl (C=O) groups excluding carboxylic acids is 2. The Labute approximate surface area is 214 Å². The average molecular weight is 516 g/mol. The zero-order chi connectivity index (χ0) is 22.3. The second-order valence-corrected chi connectivity index (χ2v) is 8.76. The Bertz CT molecular complexity index is 912. The van der Waals surface area contributed by atoms with E-state index in [1.807, 2.05) is 47.4 Å². The lowest BCUT2D eigenvalue weighted by molar-refractivity contribution is -0.118. The van der Waals surface area contributed by atoms with Crippen LogP contribution in [0.25, 0.3) is 10.8 Å². The van der Waals surface area contributed by atoms with E-state index in [4.69, 9.17) is 5.73 Å². The van der Waals surface area contributed by atoms with Crippen molar-refractivity contribution in [2.75, 3.05) is 25.4 Å². The minimum Gasteiger partial charge on any atom is -0.356 e. The molecule has 33 heavy (non-hydrogen) atoms. The van der Waals surface area contributed by atoms with E-state index < -0.39 is 5.66 Å². The smallest absolute Gasteiger partial charge is 0.254 e. The summed E-state index contributed by atoms with van der Waals surface area (Å²) in [6.45, 7) is 3.46. The van der Waals surface area contributed by atoms with Crippen molar-refractivity contribution < 1.29 is 9.59 Å². The van der Waals surface area contributed by atoms with Gasteiger partial charge in [0.05, 0.1) is 11.7 Å². The first-order chi connectivity index (χ1) is 15.0. The summed E-state index contributed by atoms with van der Waals surface area (Å²) < 4.78 is 0. The van der Waals surface area contributed by atoms with Crippen molar-refractivity contribution in [3.05, 3.63) is 48.0 Å². The van der Waals surface area contributed by atoms with Crippen LogP contribution in [-0.2, 0) is 4.79 Å². The Balaban J connectivity index is 0.00000272. The maximum absolute atomic E-state index is 13.7. The zero-order valence-electron chi connectivity index (χ0n) is 19.1. The Kier molecular flexibility index (Phi) is 12.5. The van der Waals surface area contributed by atoms with Crippen LogP contribution in [0.15, 0.2) is 42.5 Å². The number of nitrogens with zero attached hydrogens (tertiary/aromatic N) is 1. The Morgan fingerprint density at radius 1 is 1.15 bits per heavy atom. The normalized spacial score (nSPS) is 20.0. The molecule has 1 heterocycles. The van der Waals surface area contributed by atoms with Gasteiger partial charge in [0.25, 0.3) is 5.91 Å². The van der Waals surface area contributed by atoms with Gasteiger partial charge in [0, 0.05) is 32.1 Å². The SMILES string of the molecule is CC(=O)NCCCC[C@]1(N)NCCN(C(=O)c2cccc3ccccc23)C1CCCS.Cl.Cl. The molecular weight excluding hydrogens is 479 g/mol. The quantitative estimate of drug-likeness (QED) is 0.303. The third-order valence-electron chi connectivity index (χ3n) is 6.09. The van der Waals surface area contributed by atoms with Gasteiger partial charge in [-0.05, 0) is 54.7 Å². The molecule has 2 aromatic carbocycles. The monoisotopic (exact) mass is 514 g/mol. The molecule has 1 saturated heterocycles. The van der Waals surface area contributed by atoms with Gasteiger partial charge in [-0.25, -0.2) is 0 Å². The number of amides is 2. The molecule has 4 N–H and O–H groups in total. The van der Waals surface area contributed by atoms with Gasteiger partial charge in [-0.2, -0.15) is 12.6 Å². The molecule has 2 aromatic rings. The summed E-state index contributed by atoms with van der Waals surface area (Å²) in [6.07, 6.45) is 4.16. The molecule has 0 spiro atoms. The zero-order valence-corrected chi connectivity index (χ0v) is 21.6. The van der Waals surface area contributed by atoms with Crippen LogP contribution < -0.4 is 16.4 Å². The van der Waals surface area contributed by atoms with Crippen molar-refractivity contribution in [1.82, 2.24) is 15.5 Å². The van der Waals surface area contributed by atoms with Gasteiger partial charge < -0.3 is 16.0 Å². The van der Waals surface area contributed by atoms with E-state index in [-0.39, 0.29) is 42.7 Å². The molecule has 2 atom stereocenters. The number of piperazine rings is 1. The summed E-state index contributed by atoms with van der Waals surface area (Å²) >= 11 is 4.39. The standard InChI is InChI=1S/C24H34N4O2S.2ClH/c1-18(29)26-14-5-4-13-24(25)22(12-7-17-31)28(16-15-27-24)23(30)21-11-6-9-19-8-2-3-10-20(19)21;;/h2-3,6,8-11,22,27,31H,4-5,7,12-17,25H2,1H3,(H,26,29);2*1H/t22?,24-;;/m0../s1. The van der Waals surface area contributed by atoms with Crippen LogP contribution in [0, 0.1) is 0 Å². The number of unbranched alkanes of at least 4 members (excludes halogenated alkanes) is 1. The van der Waals surface area contributed by atoms with Gasteiger partial charge in [0.2, 0.25) is 5.91 Å². The number of nitrogens with one attached hydrogen (secondary N) is 2. The fourth-order valence-corrected chi connectivity index (χ4v) is 4.71. The number of nitrogens with two attached hydrogens (primary N) is 1. The predicted molar refractivity (Wildman–Crippen MR) is 144 cm³/mol. The lowest BCUT2D eigenvalue weighted by Gasteiger charge is -2.49. The van der Waals surface area contributed by atoms with Gasteiger partial charge in [0.15, 0.2) is 0 Å². The van der Waals surface area contributed by atoms with E-state index in [1.165, 1.54) is 6.92 Å². The summed E-state index contributed by atoms with van der Waals surface area (Å²) in [5.74, 6) is 0.776. The molecule has 0 aromatic heterocycles. The largest absolute Gasteiger partial charge is 0.356 e. The van der Waals surface area contributed by atoms with Gasteiger partial charge in [-0.3, -0.25) is 14.9 Å². The van der Waals surface area contributed by atoms with Crippen LogP contribution in [0.5, 0.6) is 0 Å². The average Bonchev–Trinajstić information content (AvgIpc) is 2.77. The summed E-state index contributed by atoms with van der Waals surface area (Å²) in [7, 11) is 0. The van der Waals surface area contributed by atoms with E-state index in [9.17, 15) is 9.59 Å². The maximum atomic E-state index is 13.7. The molecule has 0 bridgehead atoms. The number of rotatable bonds is 9. The Hall–Kier alpha value is -1.51. The highest BCUT2D eigenvalue weighted by atomic mass is 35.5. The number of fused-ring (bicyclic) bond motifs is 1. The van der Waals surface area contributed by atoms with Crippen molar-refractivity contribution in [2.24, 2.45) is 5.73 Å². The molecule has 9 heteroatoms. The van der Waals surface area contributed by atoms with Crippen molar-refractivity contribution in [3.63, 3.8) is 0 Å². The number of hydrogen-bond donors (Lipinski definition) is 4. The lowest BCUT2D eigenvalue weighted by Crippen LogP contribution is -2.72. The molecule has 1 unspecified atom stereocenters. The van der Waals surface area contributed by atoms with Crippen molar-refractivity contribution in [3.8, 4) is 0 Å². The van der Waals surface area contributed by atoms with Crippen molar-refractivity contribution >= 4 is 60.0 Å². The predicted octanol–water partition coefficient (Wildman–Crippen LogP) is 3.77. The van der Waals surface area contributed by atoms with E-state index >= 15 is 0 Å². The number of halogens is 2. The fourth-order valence-electron chi connectivity index (χ4n) is 4.53. The Morgan fingerprint density at radius 3 is 2.61 bits per heavy atom. The third-order valence-corrected chi connectivity index (χ3v) is 6.40. The molecule has 1 fully saturated rings. The first-order valence-electron chi connectivity index (χ1n) is 11.1. The highest BCUT2D eigenvalue weighted by Crippen LogP contribution is 2.28. The van der Waals surface area contributed by atoms with Gasteiger partial charge in [0.1, 0.15) is 0 Å². The van der Waals surface area contributed by atoms with Crippen LogP contribution in [-0.4, -0.2) is 53.8 Å². The molecule has 184 valence electrons. The van der Waals surface area contributed by atoms with Crippen molar-refractivity contribution in [2.45, 2.75) is 50.7 Å². The van der Waals surface area contributed by atoms with Crippen molar-refractivity contribution in [1.29, 1.82) is 0 Å². The summed E-state index contributed by atoms with van der Waals surface area (Å²) in [4.78, 5) is 26.8. The second-order valence-electron chi connectivity index (χ2n) is 8.31. The van der Waals surface area contributed by atoms with Gasteiger partial charge in [-0.15, -0.1) is 24.8 Å². The molecule has 1 aliphatic rings. The second kappa shape index (κ2) is 14.0. The first-order valence-corrected chi connectivity index (χ1v) is 11.8.